The minimum Gasteiger partial charge on any atom is -0.496 e. The van der Waals surface area contributed by atoms with Crippen LogP contribution in [0.2, 0.25) is 0 Å². The van der Waals surface area contributed by atoms with Crippen LogP contribution in [0.15, 0.2) is 42.5 Å². The fourth-order valence-electron chi connectivity index (χ4n) is 3.59. The van der Waals surface area contributed by atoms with Crippen molar-refractivity contribution in [1.82, 2.24) is 4.90 Å². The van der Waals surface area contributed by atoms with Crippen LogP contribution in [0, 0.1) is 0 Å². The van der Waals surface area contributed by atoms with Crippen molar-refractivity contribution >= 4 is 29.1 Å². The second-order valence-corrected chi connectivity index (χ2v) is 6.56. The Morgan fingerprint density at radius 3 is 2.85 bits per heavy atom. The Bertz CT molecular complexity index is 941. The zero-order chi connectivity index (χ0) is 19.0. The second-order valence-electron chi connectivity index (χ2n) is 6.56. The highest BCUT2D eigenvalue weighted by Gasteiger charge is 2.38. The number of ether oxygens (including phenoxy) is 1. The summed E-state index contributed by atoms with van der Waals surface area (Å²) >= 11 is 0. The molecule has 3 amide bonds. The maximum atomic E-state index is 12.9. The molecule has 2 aromatic carbocycles. The summed E-state index contributed by atoms with van der Waals surface area (Å²) < 4.78 is 5.22. The fraction of sp³-hybridized carbons (Fsp3) is 0.250. The third-order valence-corrected chi connectivity index (χ3v) is 4.93. The number of nitrogens with one attached hydrogen (secondary N) is 2. The van der Waals surface area contributed by atoms with Crippen LogP contribution in [0.25, 0.3) is 0 Å². The largest absolute Gasteiger partial charge is 0.496 e. The van der Waals surface area contributed by atoms with Crippen molar-refractivity contribution in [3.05, 3.63) is 53.6 Å². The first-order valence-electron chi connectivity index (χ1n) is 8.79. The highest BCUT2D eigenvalue weighted by molar-refractivity contribution is 6.12. The van der Waals surface area contributed by atoms with E-state index in [9.17, 15) is 14.4 Å². The summed E-state index contributed by atoms with van der Waals surface area (Å²) in [6, 6.07) is 11.4. The molecule has 0 bridgehead atoms. The van der Waals surface area contributed by atoms with Gasteiger partial charge in [-0.05, 0) is 43.2 Å². The van der Waals surface area contributed by atoms with Crippen LogP contribution < -0.4 is 15.4 Å². The van der Waals surface area contributed by atoms with E-state index >= 15 is 0 Å². The molecule has 1 atom stereocenters. The van der Waals surface area contributed by atoms with Crippen molar-refractivity contribution in [1.29, 1.82) is 0 Å². The smallest absolute Gasteiger partial charge is 0.259 e. The molecule has 0 spiro atoms. The molecule has 1 fully saturated rings. The van der Waals surface area contributed by atoms with Crippen LogP contribution in [0.5, 0.6) is 5.75 Å². The highest BCUT2D eigenvalue weighted by Crippen LogP contribution is 2.30. The van der Waals surface area contributed by atoms with E-state index in [4.69, 9.17) is 4.74 Å². The molecular weight excluding hydrogens is 346 g/mol. The number of methoxy groups -OCH3 is 1. The quantitative estimate of drug-likeness (QED) is 0.875. The molecule has 0 aliphatic carbocycles. The van der Waals surface area contributed by atoms with Gasteiger partial charge >= 0.3 is 0 Å². The van der Waals surface area contributed by atoms with Crippen LogP contribution in [0.4, 0.5) is 11.4 Å². The van der Waals surface area contributed by atoms with Gasteiger partial charge in [-0.15, -0.1) is 0 Å². The predicted octanol–water partition coefficient (Wildman–Crippen LogP) is 2.50. The average molecular weight is 365 g/mol. The van der Waals surface area contributed by atoms with Gasteiger partial charge in [0, 0.05) is 12.2 Å². The molecule has 7 nitrogen and oxygen atoms in total. The third-order valence-electron chi connectivity index (χ3n) is 4.93. The van der Waals surface area contributed by atoms with Gasteiger partial charge in [-0.25, -0.2) is 0 Å². The molecule has 0 aromatic heterocycles. The minimum absolute atomic E-state index is 0.162. The fourth-order valence-corrected chi connectivity index (χ4v) is 3.59. The number of anilines is 2. The Morgan fingerprint density at radius 2 is 2.04 bits per heavy atom. The van der Waals surface area contributed by atoms with E-state index in [0.29, 0.717) is 41.2 Å². The first-order chi connectivity index (χ1) is 13.1. The third kappa shape index (κ3) is 3.01. The number of amides is 3. The van der Waals surface area contributed by atoms with Gasteiger partial charge in [-0.3, -0.25) is 14.4 Å². The van der Waals surface area contributed by atoms with E-state index in [2.05, 4.69) is 10.6 Å². The van der Waals surface area contributed by atoms with Crippen molar-refractivity contribution in [3.63, 3.8) is 0 Å². The predicted molar refractivity (Wildman–Crippen MR) is 100 cm³/mol. The Labute approximate surface area is 156 Å². The van der Waals surface area contributed by atoms with E-state index in [1.807, 2.05) is 0 Å². The summed E-state index contributed by atoms with van der Waals surface area (Å²) in [7, 11) is 1.50. The molecule has 4 rings (SSSR count). The van der Waals surface area contributed by atoms with Crippen molar-refractivity contribution in [3.8, 4) is 5.75 Å². The summed E-state index contributed by atoms with van der Waals surface area (Å²) in [5, 5.41) is 5.61. The maximum Gasteiger partial charge on any atom is 0.259 e. The molecule has 2 aliphatic heterocycles. The number of hydrogen-bond acceptors (Lipinski definition) is 4. The van der Waals surface area contributed by atoms with Gasteiger partial charge in [-0.2, -0.15) is 0 Å². The second kappa shape index (κ2) is 6.75. The van der Waals surface area contributed by atoms with Gasteiger partial charge in [0.2, 0.25) is 5.91 Å². The molecule has 2 heterocycles. The summed E-state index contributed by atoms with van der Waals surface area (Å²) in [6.45, 7) is 0.564. The topological polar surface area (TPSA) is 87.7 Å². The average Bonchev–Trinajstić information content (AvgIpc) is 3.15. The standard InChI is InChI=1S/C20H19N3O4/c1-27-17-7-3-2-5-13(17)18(24)21-12-8-9-15-14(11-12)20(26)23-10-4-6-16(23)19(25)22-15/h2-3,5,7-9,11,16H,4,6,10H2,1H3,(H,21,24)(H,22,25)/t16-/m0/s1. The zero-order valence-corrected chi connectivity index (χ0v) is 14.8. The number of para-hydroxylation sites is 1. The van der Waals surface area contributed by atoms with Crippen molar-refractivity contribution in [2.45, 2.75) is 18.9 Å². The van der Waals surface area contributed by atoms with Crippen LogP contribution in [-0.4, -0.2) is 42.3 Å². The first-order valence-corrected chi connectivity index (χ1v) is 8.79. The molecule has 0 radical (unpaired) electrons. The van der Waals surface area contributed by atoms with Crippen molar-refractivity contribution < 1.29 is 19.1 Å². The number of nitrogens with zero attached hydrogens (tertiary/aromatic N) is 1. The Balaban J connectivity index is 1.63. The van der Waals surface area contributed by atoms with Gasteiger partial charge in [0.1, 0.15) is 11.8 Å². The highest BCUT2D eigenvalue weighted by atomic mass is 16.5. The molecular formula is C20H19N3O4. The van der Waals surface area contributed by atoms with Gasteiger partial charge in [0.25, 0.3) is 11.8 Å². The van der Waals surface area contributed by atoms with Gasteiger partial charge in [-0.1, -0.05) is 12.1 Å². The summed E-state index contributed by atoms with van der Waals surface area (Å²) in [5.74, 6) is -0.228. The van der Waals surface area contributed by atoms with E-state index in [1.54, 1.807) is 47.4 Å². The molecule has 27 heavy (non-hydrogen) atoms. The lowest BCUT2D eigenvalue weighted by atomic mass is 10.1. The van der Waals surface area contributed by atoms with E-state index in [1.165, 1.54) is 7.11 Å². The lowest BCUT2D eigenvalue weighted by Crippen LogP contribution is -2.40. The molecule has 138 valence electrons. The van der Waals surface area contributed by atoms with E-state index in [0.717, 1.165) is 6.42 Å². The molecule has 2 aliphatic rings. The number of carbonyl (C=O) groups excluding carboxylic acids is 3. The number of hydrogen-bond donors (Lipinski definition) is 2. The lowest BCUT2D eigenvalue weighted by molar-refractivity contribution is -0.119. The van der Waals surface area contributed by atoms with E-state index in [-0.39, 0.29) is 17.7 Å². The van der Waals surface area contributed by atoms with Gasteiger partial charge in [0.15, 0.2) is 0 Å². The first kappa shape index (κ1) is 17.1. The number of benzene rings is 2. The lowest BCUT2D eigenvalue weighted by Gasteiger charge is -2.20. The van der Waals surface area contributed by atoms with Crippen LogP contribution in [0.1, 0.15) is 33.6 Å². The number of fused-ring (bicyclic) bond motifs is 2. The Kier molecular flexibility index (Phi) is 4.27. The number of carbonyl (C=O) groups is 3. The minimum atomic E-state index is -0.420. The van der Waals surface area contributed by atoms with Crippen LogP contribution >= 0.6 is 0 Å². The van der Waals surface area contributed by atoms with Crippen molar-refractivity contribution in [2.24, 2.45) is 0 Å². The Hall–Kier alpha value is -3.35. The zero-order valence-electron chi connectivity index (χ0n) is 14.8. The van der Waals surface area contributed by atoms with Crippen molar-refractivity contribution in [2.75, 3.05) is 24.3 Å². The van der Waals surface area contributed by atoms with Gasteiger partial charge in [0.05, 0.1) is 23.9 Å². The summed E-state index contributed by atoms with van der Waals surface area (Å²) in [6.07, 6.45) is 1.48. The van der Waals surface area contributed by atoms with E-state index < -0.39 is 6.04 Å². The molecule has 0 saturated carbocycles. The normalized spacial score (nSPS) is 18.3. The molecule has 7 heteroatoms. The molecule has 0 unspecified atom stereocenters. The SMILES string of the molecule is COc1ccccc1C(=O)Nc1ccc2c(c1)C(=O)N1CCC[C@H]1C(=O)N2. The van der Waals surface area contributed by atoms with Crippen LogP contribution in [-0.2, 0) is 4.79 Å². The maximum absolute atomic E-state index is 12.9. The monoisotopic (exact) mass is 365 g/mol. The molecule has 1 saturated heterocycles. The molecule has 2 N–H and O–H groups in total. The number of rotatable bonds is 3. The summed E-state index contributed by atoms with van der Waals surface area (Å²) in [4.78, 5) is 39.4. The Morgan fingerprint density at radius 1 is 1.22 bits per heavy atom. The molecule has 2 aromatic rings. The van der Waals surface area contributed by atoms with Crippen LogP contribution in [0.3, 0.4) is 0 Å². The van der Waals surface area contributed by atoms with Gasteiger partial charge < -0.3 is 20.3 Å². The summed E-state index contributed by atoms with van der Waals surface area (Å²) in [5.41, 5.74) is 1.72.